The van der Waals surface area contributed by atoms with Gasteiger partial charge in [-0.15, -0.1) is 0 Å². The van der Waals surface area contributed by atoms with Crippen LogP contribution in [0.25, 0.3) is 0 Å². The van der Waals surface area contributed by atoms with E-state index in [0.29, 0.717) is 13.2 Å². The summed E-state index contributed by atoms with van der Waals surface area (Å²) in [6, 6.07) is 0. The topological polar surface area (TPSA) is 59.3 Å². The van der Waals surface area contributed by atoms with E-state index in [1.54, 1.807) is 13.3 Å². The molecule has 0 aromatic carbocycles. The van der Waals surface area contributed by atoms with Crippen molar-refractivity contribution in [2.75, 3.05) is 25.6 Å². The number of rotatable bonds is 5. The van der Waals surface area contributed by atoms with Gasteiger partial charge in [0.15, 0.2) is 0 Å². The van der Waals surface area contributed by atoms with Gasteiger partial charge in [-0.1, -0.05) is 0 Å². The minimum Gasteiger partial charge on any atom is -0.389 e. The second-order valence-electron chi connectivity index (χ2n) is 2.85. The average molecular weight is 185 g/mol. The van der Waals surface area contributed by atoms with E-state index in [-0.39, 0.29) is 0 Å². The van der Waals surface area contributed by atoms with Crippen LogP contribution in [0.5, 0.6) is 0 Å². The van der Waals surface area contributed by atoms with E-state index in [0.717, 1.165) is 5.95 Å². The highest BCUT2D eigenvalue weighted by Crippen LogP contribution is 2.00. The summed E-state index contributed by atoms with van der Waals surface area (Å²) in [7, 11) is 3.45. The first-order valence-electron chi connectivity index (χ1n) is 4.12. The fourth-order valence-electron chi connectivity index (χ4n) is 0.996. The fourth-order valence-corrected chi connectivity index (χ4v) is 0.996. The third-order valence-electron chi connectivity index (χ3n) is 1.68. The van der Waals surface area contributed by atoms with Crippen LogP contribution in [0, 0.1) is 0 Å². The van der Waals surface area contributed by atoms with Crippen LogP contribution in [0.3, 0.4) is 0 Å². The van der Waals surface area contributed by atoms with E-state index in [1.165, 1.54) is 0 Å². The minimum absolute atomic E-state index is 0.331. The standard InChI is InChI=1S/C8H15N3O2/c1-11-4-3-9-8(11)10-5-7(12)6-13-2/h3-4,7,12H,5-6H2,1-2H3,(H,9,10). The summed E-state index contributed by atoms with van der Waals surface area (Å²) in [5.41, 5.74) is 0. The third kappa shape index (κ3) is 3.04. The Labute approximate surface area is 77.4 Å². The molecular weight excluding hydrogens is 170 g/mol. The van der Waals surface area contributed by atoms with Crippen molar-refractivity contribution in [2.24, 2.45) is 7.05 Å². The Morgan fingerprint density at radius 2 is 2.54 bits per heavy atom. The Hall–Kier alpha value is -1.07. The molecule has 0 saturated heterocycles. The molecule has 0 bridgehead atoms. The molecule has 1 aromatic rings. The Morgan fingerprint density at radius 1 is 1.77 bits per heavy atom. The summed E-state index contributed by atoms with van der Waals surface area (Å²) in [6.07, 6.45) is 3.04. The summed E-state index contributed by atoms with van der Waals surface area (Å²) in [5.74, 6) is 0.746. The molecule has 1 unspecified atom stereocenters. The maximum Gasteiger partial charge on any atom is 0.202 e. The number of aliphatic hydroxyl groups excluding tert-OH is 1. The summed E-state index contributed by atoms with van der Waals surface area (Å²) < 4.78 is 6.63. The van der Waals surface area contributed by atoms with Gasteiger partial charge in [0.2, 0.25) is 5.95 Å². The van der Waals surface area contributed by atoms with Gasteiger partial charge in [-0.2, -0.15) is 0 Å². The number of nitrogens with zero attached hydrogens (tertiary/aromatic N) is 2. The van der Waals surface area contributed by atoms with Crippen LogP contribution in [0.15, 0.2) is 12.4 Å². The van der Waals surface area contributed by atoms with E-state index in [2.05, 4.69) is 10.3 Å². The van der Waals surface area contributed by atoms with Crippen LogP contribution < -0.4 is 5.32 Å². The fraction of sp³-hybridized carbons (Fsp3) is 0.625. The van der Waals surface area contributed by atoms with Crippen molar-refractivity contribution in [1.29, 1.82) is 0 Å². The van der Waals surface area contributed by atoms with Crippen LogP contribution in [-0.4, -0.2) is 41.0 Å². The molecule has 1 atom stereocenters. The van der Waals surface area contributed by atoms with Crippen molar-refractivity contribution in [1.82, 2.24) is 9.55 Å². The number of nitrogens with one attached hydrogen (secondary N) is 1. The predicted molar refractivity (Wildman–Crippen MR) is 49.6 cm³/mol. The molecule has 0 aliphatic carbocycles. The maximum atomic E-state index is 9.31. The number of hydrogen-bond acceptors (Lipinski definition) is 4. The summed E-state index contributed by atoms with van der Waals surface area (Å²) in [5, 5.41) is 12.3. The second kappa shape index (κ2) is 4.84. The van der Waals surface area contributed by atoms with Crippen molar-refractivity contribution >= 4 is 5.95 Å². The lowest BCUT2D eigenvalue weighted by molar-refractivity contribution is 0.0726. The number of aryl methyl sites for hydroxylation is 1. The number of imidazole rings is 1. The summed E-state index contributed by atoms with van der Waals surface area (Å²) >= 11 is 0. The molecule has 0 spiro atoms. The lowest BCUT2D eigenvalue weighted by Gasteiger charge is -2.10. The zero-order valence-corrected chi connectivity index (χ0v) is 7.90. The normalized spacial score (nSPS) is 12.8. The van der Waals surface area contributed by atoms with Gasteiger partial charge in [-0.3, -0.25) is 0 Å². The number of anilines is 1. The molecule has 0 saturated carbocycles. The first-order valence-corrected chi connectivity index (χ1v) is 4.12. The minimum atomic E-state index is -0.498. The Kier molecular flexibility index (Phi) is 3.72. The number of hydrogen-bond donors (Lipinski definition) is 2. The molecule has 1 aromatic heterocycles. The molecule has 0 aliphatic heterocycles. The highest BCUT2D eigenvalue weighted by atomic mass is 16.5. The molecule has 0 amide bonds. The molecule has 1 rings (SSSR count). The molecule has 74 valence electrons. The van der Waals surface area contributed by atoms with Crippen molar-refractivity contribution in [2.45, 2.75) is 6.10 Å². The van der Waals surface area contributed by atoms with Crippen LogP contribution in [-0.2, 0) is 11.8 Å². The van der Waals surface area contributed by atoms with Crippen molar-refractivity contribution in [3.63, 3.8) is 0 Å². The van der Waals surface area contributed by atoms with Crippen molar-refractivity contribution < 1.29 is 9.84 Å². The molecular formula is C8H15N3O2. The average Bonchev–Trinajstić information content (AvgIpc) is 2.48. The first kappa shape index (κ1) is 10.0. The highest BCUT2D eigenvalue weighted by Gasteiger charge is 2.04. The third-order valence-corrected chi connectivity index (χ3v) is 1.68. The number of aliphatic hydroxyl groups is 1. The number of aromatic nitrogens is 2. The van der Waals surface area contributed by atoms with Gasteiger partial charge in [0.25, 0.3) is 0 Å². The predicted octanol–water partition coefficient (Wildman–Crippen LogP) is -0.161. The molecule has 0 radical (unpaired) electrons. The zero-order valence-electron chi connectivity index (χ0n) is 7.90. The Balaban J connectivity index is 2.30. The van der Waals surface area contributed by atoms with Crippen LogP contribution in [0.1, 0.15) is 0 Å². The van der Waals surface area contributed by atoms with Gasteiger partial charge in [-0.25, -0.2) is 4.98 Å². The van der Waals surface area contributed by atoms with Crippen LogP contribution in [0.2, 0.25) is 0 Å². The molecule has 5 nitrogen and oxygen atoms in total. The Bertz CT molecular complexity index is 249. The van der Waals surface area contributed by atoms with Crippen molar-refractivity contribution in [3.8, 4) is 0 Å². The van der Waals surface area contributed by atoms with Gasteiger partial charge < -0.3 is 19.7 Å². The molecule has 2 N–H and O–H groups in total. The lowest BCUT2D eigenvalue weighted by atomic mass is 10.4. The number of ether oxygens (including phenoxy) is 1. The highest BCUT2D eigenvalue weighted by molar-refractivity contribution is 5.25. The van der Waals surface area contributed by atoms with Gasteiger partial charge in [0, 0.05) is 33.1 Å². The lowest BCUT2D eigenvalue weighted by Crippen LogP contribution is -2.25. The van der Waals surface area contributed by atoms with Crippen molar-refractivity contribution in [3.05, 3.63) is 12.4 Å². The van der Waals surface area contributed by atoms with Gasteiger partial charge in [0.05, 0.1) is 12.7 Å². The van der Waals surface area contributed by atoms with Crippen LogP contribution >= 0.6 is 0 Å². The zero-order chi connectivity index (χ0) is 9.68. The van der Waals surface area contributed by atoms with Crippen LogP contribution in [0.4, 0.5) is 5.95 Å². The smallest absolute Gasteiger partial charge is 0.202 e. The van der Waals surface area contributed by atoms with E-state index in [4.69, 9.17) is 4.74 Å². The largest absolute Gasteiger partial charge is 0.389 e. The van der Waals surface area contributed by atoms with E-state index in [1.807, 2.05) is 17.8 Å². The summed E-state index contributed by atoms with van der Waals surface area (Å²) in [4.78, 5) is 4.05. The molecule has 5 heteroatoms. The molecule has 1 heterocycles. The number of methoxy groups -OCH3 is 1. The Morgan fingerprint density at radius 3 is 3.08 bits per heavy atom. The van der Waals surface area contributed by atoms with Gasteiger partial charge >= 0.3 is 0 Å². The van der Waals surface area contributed by atoms with E-state index >= 15 is 0 Å². The molecule has 13 heavy (non-hydrogen) atoms. The monoisotopic (exact) mass is 185 g/mol. The SMILES string of the molecule is COCC(O)CNc1nccn1C. The van der Waals surface area contributed by atoms with E-state index in [9.17, 15) is 5.11 Å². The quantitative estimate of drug-likeness (QED) is 0.669. The second-order valence-corrected chi connectivity index (χ2v) is 2.85. The van der Waals surface area contributed by atoms with E-state index < -0.39 is 6.10 Å². The molecule has 0 fully saturated rings. The van der Waals surface area contributed by atoms with Gasteiger partial charge in [-0.05, 0) is 0 Å². The first-order chi connectivity index (χ1) is 6.24. The molecule has 0 aliphatic rings. The maximum absolute atomic E-state index is 9.31. The summed E-state index contributed by atoms with van der Waals surface area (Å²) in [6.45, 7) is 0.774. The van der Waals surface area contributed by atoms with Gasteiger partial charge in [0.1, 0.15) is 0 Å².